The van der Waals surface area contributed by atoms with E-state index in [9.17, 15) is 9.18 Å². The van der Waals surface area contributed by atoms with Gasteiger partial charge in [0.1, 0.15) is 5.82 Å². The minimum atomic E-state index is -0.192. The van der Waals surface area contributed by atoms with Crippen LogP contribution in [-0.4, -0.2) is 34.9 Å². The lowest BCUT2D eigenvalue weighted by atomic mass is 10.1. The Labute approximate surface area is 148 Å². The molecule has 1 aliphatic heterocycles. The first-order valence-electron chi connectivity index (χ1n) is 8.87. The van der Waals surface area contributed by atoms with E-state index in [4.69, 9.17) is 0 Å². The van der Waals surface area contributed by atoms with E-state index >= 15 is 0 Å². The number of rotatable bonds is 8. The number of pyridine rings is 1. The lowest BCUT2D eigenvalue weighted by molar-refractivity contribution is -0.129. The number of amides is 1. The van der Waals surface area contributed by atoms with Gasteiger partial charge in [-0.3, -0.25) is 9.78 Å². The third kappa shape index (κ3) is 4.86. The van der Waals surface area contributed by atoms with Crippen LogP contribution in [0.5, 0.6) is 0 Å². The van der Waals surface area contributed by atoms with Gasteiger partial charge in [0.15, 0.2) is 0 Å². The topological polar surface area (TPSA) is 45.2 Å². The second kappa shape index (κ2) is 8.72. The molecule has 0 radical (unpaired) electrons. The summed E-state index contributed by atoms with van der Waals surface area (Å²) < 4.78 is 13.7. The Morgan fingerprint density at radius 2 is 2.04 bits per heavy atom. The fourth-order valence-electron chi connectivity index (χ4n) is 3.33. The number of aromatic nitrogens is 1. The van der Waals surface area contributed by atoms with Crippen LogP contribution in [0.1, 0.15) is 30.5 Å². The number of nitrogens with zero attached hydrogens (tertiary/aromatic N) is 2. The van der Waals surface area contributed by atoms with Crippen LogP contribution in [0.25, 0.3) is 0 Å². The molecule has 1 aromatic heterocycles. The van der Waals surface area contributed by atoms with Crippen LogP contribution in [-0.2, 0) is 17.8 Å². The molecule has 0 aliphatic carbocycles. The Kier molecular flexibility index (Phi) is 6.12. The fourth-order valence-corrected chi connectivity index (χ4v) is 3.33. The molecule has 1 aromatic carbocycles. The first-order chi connectivity index (χ1) is 12.2. The summed E-state index contributed by atoms with van der Waals surface area (Å²) in [6.45, 7) is 2.16. The van der Waals surface area contributed by atoms with Crippen molar-refractivity contribution >= 4 is 5.91 Å². The Morgan fingerprint density at radius 3 is 2.84 bits per heavy atom. The zero-order chi connectivity index (χ0) is 17.5. The molecule has 0 bridgehead atoms. The predicted octanol–water partition coefficient (Wildman–Crippen LogP) is 2.93. The molecule has 2 heterocycles. The zero-order valence-electron chi connectivity index (χ0n) is 14.3. The molecular formula is C20H24FN3O. The molecule has 1 fully saturated rings. The highest BCUT2D eigenvalue weighted by Crippen LogP contribution is 2.22. The second-order valence-corrected chi connectivity index (χ2v) is 6.41. The highest BCUT2D eigenvalue weighted by Gasteiger charge is 2.30. The number of hydrogen-bond donors (Lipinski definition) is 1. The largest absolute Gasteiger partial charge is 0.339 e. The fraction of sp³-hybridized carbons (Fsp3) is 0.400. The molecule has 0 spiro atoms. The predicted molar refractivity (Wildman–Crippen MR) is 95.4 cm³/mol. The SMILES string of the molecule is O=C1CCC(CCNCc2ccccn2)N1CCc1ccccc1F. The van der Waals surface area contributed by atoms with Gasteiger partial charge in [-0.2, -0.15) is 0 Å². The highest BCUT2D eigenvalue weighted by molar-refractivity contribution is 5.78. The van der Waals surface area contributed by atoms with Crippen molar-refractivity contribution < 1.29 is 9.18 Å². The molecule has 1 aliphatic rings. The van der Waals surface area contributed by atoms with Gasteiger partial charge in [-0.25, -0.2) is 4.39 Å². The van der Waals surface area contributed by atoms with E-state index in [0.717, 1.165) is 31.6 Å². The van der Waals surface area contributed by atoms with Gasteiger partial charge in [-0.1, -0.05) is 24.3 Å². The highest BCUT2D eigenvalue weighted by atomic mass is 19.1. The van der Waals surface area contributed by atoms with Gasteiger partial charge in [0.05, 0.1) is 5.69 Å². The van der Waals surface area contributed by atoms with Crippen LogP contribution in [0.2, 0.25) is 0 Å². The van der Waals surface area contributed by atoms with Gasteiger partial charge < -0.3 is 10.2 Å². The van der Waals surface area contributed by atoms with Crippen molar-refractivity contribution in [2.75, 3.05) is 13.1 Å². The number of nitrogens with one attached hydrogen (secondary N) is 1. The van der Waals surface area contributed by atoms with Gasteiger partial charge in [0.2, 0.25) is 5.91 Å². The summed E-state index contributed by atoms with van der Waals surface area (Å²) in [5.74, 6) is -0.00575. The molecule has 1 saturated heterocycles. The Hall–Kier alpha value is -2.27. The summed E-state index contributed by atoms with van der Waals surface area (Å²) >= 11 is 0. The Balaban J connectivity index is 1.45. The number of likely N-dealkylation sites (tertiary alicyclic amines) is 1. The van der Waals surface area contributed by atoms with Crippen molar-refractivity contribution in [3.8, 4) is 0 Å². The molecule has 1 N–H and O–H groups in total. The summed E-state index contributed by atoms with van der Waals surface area (Å²) in [6, 6.07) is 12.9. The minimum absolute atomic E-state index is 0.186. The minimum Gasteiger partial charge on any atom is -0.339 e. The van der Waals surface area contributed by atoms with Gasteiger partial charge in [-0.05, 0) is 49.6 Å². The van der Waals surface area contributed by atoms with Crippen LogP contribution in [0.4, 0.5) is 4.39 Å². The van der Waals surface area contributed by atoms with E-state index in [2.05, 4.69) is 10.3 Å². The molecule has 5 heteroatoms. The van der Waals surface area contributed by atoms with E-state index in [1.807, 2.05) is 29.2 Å². The normalized spacial score (nSPS) is 17.2. The second-order valence-electron chi connectivity index (χ2n) is 6.41. The first kappa shape index (κ1) is 17.5. The molecule has 1 atom stereocenters. The Bertz CT molecular complexity index is 692. The van der Waals surface area contributed by atoms with Crippen LogP contribution in [0.15, 0.2) is 48.7 Å². The smallest absolute Gasteiger partial charge is 0.222 e. The van der Waals surface area contributed by atoms with Gasteiger partial charge in [-0.15, -0.1) is 0 Å². The Morgan fingerprint density at radius 1 is 1.20 bits per heavy atom. The number of carbonyl (C=O) groups excluding carboxylic acids is 1. The average Bonchev–Trinajstić information content (AvgIpc) is 2.99. The van der Waals surface area contributed by atoms with Crippen molar-refractivity contribution in [3.05, 3.63) is 65.7 Å². The molecule has 4 nitrogen and oxygen atoms in total. The number of benzene rings is 1. The van der Waals surface area contributed by atoms with E-state index < -0.39 is 0 Å². The standard InChI is InChI=1S/C20H24FN3O/c21-19-7-2-1-5-16(19)11-14-24-18(8-9-20(24)25)10-13-22-15-17-6-3-4-12-23-17/h1-7,12,18,22H,8-11,13-15H2. The number of hydrogen-bond acceptors (Lipinski definition) is 3. The van der Waals surface area contributed by atoms with E-state index in [0.29, 0.717) is 24.9 Å². The summed E-state index contributed by atoms with van der Waals surface area (Å²) in [5, 5.41) is 3.39. The van der Waals surface area contributed by atoms with E-state index in [-0.39, 0.29) is 17.8 Å². The third-order valence-electron chi connectivity index (χ3n) is 4.72. The maximum Gasteiger partial charge on any atom is 0.222 e. The van der Waals surface area contributed by atoms with Crippen LogP contribution < -0.4 is 5.32 Å². The molecule has 1 amide bonds. The molecule has 2 aromatic rings. The zero-order valence-corrected chi connectivity index (χ0v) is 14.3. The first-order valence-corrected chi connectivity index (χ1v) is 8.87. The summed E-state index contributed by atoms with van der Waals surface area (Å²) in [5.41, 5.74) is 1.69. The third-order valence-corrected chi connectivity index (χ3v) is 4.72. The lowest BCUT2D eigenvalue weighted by Crippen LogP contribution is -2.36. The van der Waals surface area contributed by atoms with Crippen molar-refractivity contribution in [2.45, 2.75) is 38.3 Å². The van der Waals surface area contributed by atoms with E-state index in [1.165, 1.54) is 6.07 Å². The molecule has 25 heavy (non-hydrogen) atoms. The molecule has 132 valence electrons. The van der Waals surface area contributed by atoms with E-state index in [1.54, 1.807) is 18.3 Å². The summed E-state index contributed by atoms with van der Waals surface area (Å²) in [6.07, 6.45) is 4.76. The molecule has 1 unspecified atom stereocenters. The lowest BCUT2D eigenvalue weighted by Gasteiger charge is -2.25. The number of halogens is 1. The molecular weight excluding hydrogens is 317 g/mol. The maximum absolute atomic E-state index is 13.7. The van der Waals surface area contributed by atoms with Gasteiger partial charge >= 0.3 is 0 Å². The van der Waals surface area contributed by atoms with Crippen LogP contribution >= 0.6 is 0 Å². The number of carbonyl (C=O) groups is 1. The molecule has 3 rings (SSSR count). The van der Waals surface area contributed by atoms with Gasteiger partial charge in [0, 0.05) is 31.7 Å². The molecule has 0 saturated carbocycles. The van der Waals surface area contributed by atoms with Crippen molar-refractivity contribution in [3.63, 3.8) is 0 Å². The summed E-state index contributed by atoms with van der Waals surface area (Å²) in [4.78, 5) is 18.4. The van der Waals surface area contributed by atoms with Gasteiger partial charge in [0.25, 0.3) is 0 Å². The maximum atomic E-state index is 13.7. The van der Waals surface area contributed by atoms with Crippen molar-refractivity contribution in [1.29, 1.82) is 0 Å². The van der Waals surface area contributed by atoms with Crippen molar-refractivity contribution in [1.82, 2.24) is 15.2 Å². The van der Waals surface area contributed by atoms with Crippen LogP contribution in [0, 0.1) is 5.82 Å². The monoisotopic (exact) mass is 341 g/mol. The average molecular weight is 341 g/mol. The van der Waals surface area contributed by atoms with Crippen molar-refractivity contribution in [2.24, 2.45) is 0 Å². The summed E-state index contributed by atoms with van der Waals surface area (Å²) in [7, 11) is 0. The quantitative estimate of drug-likeness (QED) is 0.751. The van der Waals surface area contributed by atoms with Crippen LogP contribution in [0.3, 0.4) is 0 Å².